The van der Waals surface area contributed by atoms with Gasteiger partial charge >= 0.3 is 12.3 Å². The Labute approximate surface area is 175 Å². The zero-order valence-electron chi connectivity index (χ0n) is 16.3. The smallest absolute Gasteiger partial charge is 0.487 e. The van der Waals surface area contributed by atoms with E-state index in [-0.39, 0.29) is 19.1 Å². The van der Waals surface area contributed by atoms with E-state index >= 15 is 0 Å². The number of hydrogen-bond acceptors (Lipinski definition) is 6. The van der Waals surface area contributed by atoms with Crippen LogP contribution in [0, 0.1) is 5.82 Å². The van der Waals surface area contributed by atoms with Crippen molar-refractivity contribution in [2.24, 2.45) is 0 Å². The first-order valence-corrected chi connectivity index (χ1v) is 9.40. The lowest BCUT2D eigenvalue weighted by atomic mass is 10.1. The van der Waals surface area contributed by atoms with E-state index in [2.05, 4.69) is 9.72 Å². The summed E-state index contributed by atoms with van der Waals surface area (Å²) in [5, 5.41) is 8.82. The first kappa shape index (κ1) is 22.6. The van der Waals surface area contributed by atoms with Gasteiger partial charge in [0.15, 0.2) is 11.6 Å². The van der Waals surface area contributed by atoms with E-state index in [1.807, 2.05) is 4.90 Å². The van der Waals surface area contributed by atoms with Gasteiger partial charge in [-0.1, -0.05) is 6.07 Å². The summed E-state index contributed by atoms with van der Waals surface area (Å²) < 4.78 is 65.3. The Hall–Kier alpha value is -3.08. The third-order valence-electron chi connectivity index (χ3n) is 4.51. The molecule has 1 aliphatic rings. The molecule has 3 rings (SSSR count). The van der Waals surface area contributed by atoms with E-state index < -0.39 is 23.9 Å². The molecule has 1 atom stereocenters. The molecule has 0 saturated carbocycles. The van der Waals surface area contributed by atoms with E-state index in [1.54, 1.807) is 12.3 Å². The van der Waals surface area contributed by atoms with Crippen molar-refractivity contribution in [2.75, 3.05) is 24.6 Å². The maximum atomic E-state index is 13.8. The van der Waals surface area contributed by atoms with Crippen molar-refractivity contribution >= 4 is 11.7 Å². The van der Waals surface area contributed by atoms with Crippen LogP contribution in [-0.2, 0) is 16.1 Å². The molecule has 1 fully saturated rings. The summed E-state index contributed by atoms with van der Waals surface area (Å²) in [6.07, 6.45) is -1.68. The number of ether oxygens (including phenoxy) is 3. The van der Waals surface area contributed by atoms with Gasteiger partial charge in [0.1, 0.15) is 12.4 Å². The second-order valence-electron chi connectivity index (χ2n) is 6.85. The van der Waals surface area contributed by atoms with Crippen molar-refractivity contribution in [3.05, 3.63) is 48.0 Å². The van der Waals surface area contributed by atoms with E-state index in [1.165, 1.54) is 12.3 Å². The first-order chi connectivity index (χ1) is 14.7. The molecule has 7 nitrogen and oxygen atoms in total. The number of pyridine rings is 1. The highest BCUT2D eigenvalue weighted by atomic mass is 19.4. The number of carboxylic acid groups (broad SMARTS) is 1. The molecule has 0 amide bonds. The Bertz CT molecular complexity index is 909. The third-order valence-corrected chi connectivity index (χ3v) is 4.51. The highest BCUT2D eigenvalue weighted by Gasteiger charge is 2.32. The minimum Gasteiger partial charge on any atom is -0.487 e. The second kappa shape index (κ2) is 9.82. The van der Waals surface area contributed by atoms with Crippen LogP contribution in [-0.4, -0.2) is 48.2 Å². The molecule has 1 saturated heterocycles. The molecule has 168 valence electrons. The number of carboxylic acids is 1. The van der Waals surface area contributed by atoms with Crippen molar-refractivity contribution < 1.29 is 41.7 Å². The van der Waals surface area contributed by atoms with E-state index in [9.17, 15) is 22.4 Å². The zero-order chi connectivity index (χ0) is 22.4. The average Bonchev–Trinajstić information content (AvgIpc) is 2.72. The standard InChI is InChI=1S/C20H20F4N2O5/c21-17-7-13(1-3-18(17)31-20(22,23)24)12-30-16-8-14(9-25-10-16)26-5-6-29-15(11-26)2-4-19(27)28/h1,3,7-10,15H,2,4-6,11-12H2,(H,27,28)/t15-/m0/s1. The molecule has 11 heteroatoms. The van der Waals surface area contributed by atoms with Crippen molar-refractivity contribution in [3.63, 3.8) is 0 Å². The van der Waals surface area contributed by atoms with Crippen molar-refractivity contribution in [2.45, 2.75) is 31.9 Å². The number of aromatic nitrogens is 1. The number of alkyl halides is 3. The van der Waals surface area contributed by atoms with Gasteiger partial charge in [-0.15, -0.1) is 13.2 Å². The van der Waals surface area contributed by atoms with Crippen LogP contribution in [0.3, 0.4) is 0 Å². The van der Waals surface area contributed by atoms with Crippen LogP contribution in [0.1, 0.15) is 18.4 Å². The summed E-state index contributed by atoms with van der Waals surface area (Å²) in [7, 11) is 0. The Morgan fingerprint density at radius 2 is 2.10 bits per heavy atom. The normalized spacial score (nSPS) is 16.8. The quantitative estimate of drug-likeness (QED) is 0.621. The fourth-order valence-electron chi connectivity index (χ4n) is 3.08. The lowest BCUT2D eigenvalue weighted by molar-refractivity contribution is -0.275. The summed E-state index contributed by atoms with van der Waals surface area (Å²) >= 11 is 0. The first-order valence-electron chi connectivity index (χ1n) is 9.40. The maximum Gasteiger partial charge on any atom is 0.573 e. The molecule has 0 radical (unpaired) electrons. The topological polar surface area (TPSA) is 81.1 Å². The number of carbonyl (C=O) groups is 1. The van der Waals surface area contributed by atoms with E-state index in [4.69, 9.17) is 14.6 Å². The highest BCUT2D eigenvalue weighted by molar-refractivity contribution is 5.66. The predicted molar refractivity (Wildman–Crippen MR) is 100 cm³/mol. The van der Waals surface area contributed by atoms with Crippen LogP contribution in [0.2, 0.25) is 0 Å². The molecule has 1 N–H and O–H groups in total. The molecule has 1 aromatic heterocycles. The van der Waals surface area contributed by atoms with Gasteiger partial charge in [0.2, 0.25) is 0 Å². The molecule has 2 aromatic rings. The molecule has 2 heterocycles. The number of rotatable bonds is 8. The molecule has 0 aliphatic carbocycles. The number of halogens is 4. The number of morpholine rings is 1. The Morgan fingerprint density at radius 3 is 2.81 bits per heavy atom. The van der Waals surface area contributed by atoms with Crippen LogP contribution in [0.15, 0.2) is 36.7 Å². The Balaban J connectivity index is 1.59. The van der Waals surface area contributed by atoms with Gasteiger partial charge in [-0.05, 0) is 24.1 Å². The minimum absolute atomic E-state index is 0.0171. The number of nitrogens with zero attached hydrogens (tertiary/aromatic N) is 2. The summed E-state index contributed by atoms with van der Waals surface area (Å²) in [5.41, 5.74) is 1.07. The number of hydrogen-bond donors (Lipinski definition) is 1. The van der Waals surface area contributed by atoms with Crippen LogP contribution < -0.4 is 14.4 Å². The lowest BCUT2D eigenvalue weighted by Gasteiger charge is -2.34. The van der Waals surface area contributed by atoms with Gasteiger partial charge in [0.25, 0.3) is 0 Å². The second-order valence-corrected chi connectivity index (χ2v) is 6.85. The van der Waals surface area contributed by atoms with E-state index in [0.717, 1.165) is 17.8 Å². The Morgan fingerprint density at radius 1 is 1.29 bits per heavy atom. The zero-order valence-corrected chi connectivity index (χ0v) is 16.3. The number of benzene rings is 1. The van der Waals surface area contributed by atoms with E-state index in [0.29, 0.717) is 37.4 Å². The summed E-state index contributed by atoms with van der Waals surface area (Å²) in [6, 6.07) is 4.80. The molecule has 0 spiro atoms. The van der Waals surface area contributed by atoms with Crippen LogP contribution in [0.4, 0.5) is 23.2 Å². The van der Waals surface area contributed by atoms with Crippen molar-refractivity contribution in [3.8, 4) is 11.5 Å². The summed E-state index contributed by atoms with van der Waals surface area (Å²) in [5.74, 6) is -2.55. The van der Waals surface area contributed by atoms with Gasteiger partial charge in [-0.25, -0.2) is 4.39 Å². The number of anilines is 1. The highest BCUT2D eigenvalue weighted by Crippen LogP contribution is 2.27. The van der Waals surface area contributed by atoms with Gasteiger partial charge in [0, 0.05) is 25.6 Å². The van der Waals surface area contributed by atoms with Gasteiger partial charge in [-0.2, -0.15) is 0 Å². The van der Waals surface area contributed by atoms with Crippen LogP contribution >= 0.6 is 0 Å². The molecule has 1 aromatic carbocycles. The van der Waals surface area contributed by atoms with Gasteiger partial charge < -0.3 is 24.2 Å². The molecule has 0 unspecified atom stereocenters. The van der Waals surface area contributed by atoms with Crippen molar-refractivity contribution in [1.82, 2.24) is 4.98 Å². The average molecular weight is 444 g/mol. The molecular weight excluding hydrogens is 424 g/mol. The van der Waals surface area contributed by atoms with Crippen LogP contribution in [0.5, 0.6) is 11.5 Å². The Kier molecular flexibility index (Phi) is 7.16. The largest absolute Gasteiger partial charge is 0.573 e. The summed E-state index contributed by atoms with van der Waals surface area (Å²) in [6.45, 7) is 1.46. The fourth-order valence-corrected chi connectivity index (χ4v) is 3.08. The lowest BCUT2D eigenvalue weighted by Crippen LogP contribution is -2.42. The molecular formula is C20H20F4N2O5. The predicted octanol–water partition coefficient (Wildman–Crippen LogP) is 3.77. The SMILES string of the molecule is O=C(O)CC[C@H]1CN(c2cncc(OCc3ccc(OC(F)(F)F)c(F)c3)c2)CCO1. The molecule has 0 bridgehead atoms. The van der Waals surface area contributed by atoms with Gasteiger partial charge in [0.05, 0.1) is 30.8 Å². The third kappa shape index (κ3) is 6.99. The minimum atomic E-state index is -4.98. The fraction of sp³-hybridized carbons (Fsp3) is 0.400. The van der Waals surface area contributed by atoms with Gasteiger partial charge in [-0.3, -0.25) is 9.78 Å². The monoisotopic (exact) mass is 444 g/mol. The summed E-state index contributed by atoms with van der Waals surface area (Å²) in [4.78, 5) is 16.9. The number of aliphatic carboxylic acids is 1. The maximum absolute atomic E-state index is 13.8. The van der Waals surface area contributed by atoms with Crippen LogP contribution in [0.25, 0.3) is 0 Å². The van der Waals surface area contributed by atoms with Crippen molar-refractivity contribution in [1.29, 1.82) is 0 Å². The molecule has 31 heavy (non-hydrogen) atoms. The molecule has 1 aliphatic heterocycles.